The van der Waals surface area contributed by atoms with E-state index in [0.717, 1.165) is 11.1 Å². The smallest absolute Gasteiger partial charge is 0.289 e. The highest BCUT2D eigenvalue weighted by Crippen LogP contribution is 2.28. The molecule has 5 heteroatoms. The topological polar surface area (TPSA) is 75.1 Å². The number of nitrogens with zero attached hydrogens (tertiary/aromatic N) is 2. The lowest BCUT2D eigenvalue weighted by Gasteiger charge is -2.24. The van der Waals surface area contributed by atoms with E-state index in [4.69, 9.17) is 0 Å². The van der Waals surface area contributed by atoms with Crippen LogP contribution in [-0.2, 0) is 0 Å². The van der Waals surface area contributed by atoms with E-state index in [0.29, 0.717) is 5.69 Å². The number of carbonyl (C=O) groups is 1. The highest BCUT2D eigenvalue weighted by Gasteiger charge is 2.25. The van der Waals surface area contributed by atoms with Gasteiger partial charge < -0.3 is 10.4 Å². The molecule has 2 N–H and O–H groups in total. The Morgan fingerprint density at radius 3 is 2.16 bits per heavy atom. The Balaban J connectivity index is 1.90. The van der Waals surface area contributed by atoms with Crippen LogP contribution in [0.3, 0.4) is 0 Å². The summed E-state index contributed by atoms with van der Waals surface area (Å²) in [5.74, 6) is -0.339. The van der Waals surface area contributed by atoms with Crippen molar-refractivity contribution in [2.75, 3.05) is 0 Å². The number of hydrogen-bond acceptors (Lipinski definition) is 4. The molecule has 2 aromatic carbocycles. The van der Waals surface area contributed by atoms with Crippen molar-refractivity contribution in [1.29, 1.82) is 0 Å². The highest BCUT2D eigenvalue weighted by atomic mass is 16.3. The number of hydrogen-bond donors (Lipinski definition) is 2. The molecule has 0 aliphatic heterocycles. The van der Waals surface area contributed by atoms with Crippen molar-refractivity contribution in [2.24, 2.45) is 0 Å². The quantitative estimate of drug-likeness (QED) is 0.753. The van der Waals surface area contributed by atoms with Gasteiger partial charge in [0.05, 0.1) is 6.04 Å². The Hall–Kier alpha value is -3.05. The molecule has 0 saturated carbocycles. The molecule has 3 aromatic rings. The molecular formula is C20H19N3O2. The van der Waals surface area contributed by atoms with E-state index in [-0.39, 0.29) is 5.82 Å². The maximum Gasteiger partial charge on any atom is 0.289 e. The number of carbonyl (C=O) groups excluding carboxylic acids is 1. The van der Waals surface area contributed by atoms with Gasteiger partial charge in [0.15, 0.2) is 0 Å². The molecule has 0 saturated heterocycles. The van der Waals surface area contributed by atoms with Crippen LogP contribution in [0.1, 0.15) is 39.6 Å². The molecule has 1 aromatic heterocycles. The molecular weight excluding hydrogens is 314 g/mol. The third-order valence-electron chi connectivity index (χ3n) is 3.90. The number of nitrogens with one attached hydrogen (secondary N) is 1. The van der Waals surface area contributed by atoms with E-state index in [1.54, 1.807) is 19.2 Å². The number of aromatic nitrogens is 2. The molecule has 0 bridgehead atoms. The van der Waals surface area contributed by atoms with Gasteiger partial charge in [-0.25, -0.2) is 9.97 Å². The SMILES string of the molecule is Cc1ccnc(C(=O)N[C@H](c2ccccc2)[C@@H](O)c2ccccc2)n1. The number of aliphatic hydroxyl groups excluding tert-OH is 1. The Morgan fingerprint density at radius 2 is 1.56 bits per heavy atom. The van der Waals surface area contributed by atoms with Crippen LogP contribution in [-0.4, -0.2) is 21.0 Å². The summed E-state index contributed by atoms with van der Waals surface area (Å²) in [6.07, 6.45) is 0.653. The Morgan fingerprint density at radius 1 is 0.960 bits per heavy atom. The lowest BCUT2D eigenvalue weighted by atomic mass is 9.95. The van der Waals surface area contributed by atoms with Crippen molar-refractivity contribution in [1.82, 2.24) is 15.3 Å². The van der Waals surface area contributed by atoms with E-state index in [9.17, 15) is 9.90 Å². The average molecular weight is 333 g/mol. The first kappa shape index (κ1) is 16.8. The predicted octanol–water partition coefficient (Wildman–Crippen LogP) is 2.99. The van der Waals surface area contributed by atoms with Gasteiger partial charge in [0.25, 0.3) is 5.91 Å². The third-order valence-corrected chi connectivity index (χ3v) is 3.90. The minimum absolute atomic E-state index is 0.0844. The molecule has 0 aliphatic carbocycles. The van der Waals surface area contributed by atoms with Crippen molar-refractivity contribution in [3.05, 3.63) is 95.6 Å². The molecule has 0 unspecified atom stereocenters. The van der Waals surface area contributed by atoms with Crippen LogP contribution >= 0.6 is 0 Å². The van der Waals surface area contributed by atoms with E-state index in [1.807, 2.05) is 60.7 Å². The molecule has 3 rings (SSSR count). The van der Waals surface area contributed by atoms with Gasteiger partial charge in [-0.2, -0.15) is 0 Å². The Bertz CT molecular complexity index is 838. The van der Waals surface area contributed by atoms with Crippen molar-refractivity contribution < 1.29 is 9.90 Å². The molecule has 1 heterocycles. The van der Waals surface area contributed by atoms with E-state index >= 15 is 0 Å². The number of benzene rings is 2. The zero-order chi connectivity index (χ0) is 17.6. The summed E-state index contributed by atoms with van der Waals surface area (Å²) in [7, 11) is 0. The van der Waals surface area contributed by atoms with Crippen molar-refractivity contribution in [3.63, 3.8) is 0 Å². The molecule has 5 nitrogen and oxygen atoms in total. The highest BCUT2D eigenvalue weighted by molar-refractivity contribution is 5.90. The second-order valence-corrected chi connectivity index (χ2v) is 5.74. The lowest BCUT2D eigenvalue weighted by molar-refractivity contribution is 0.0821. The molecule has 126 valence electrons. The minimum atomic E-state index is -0.891. The summed E-state index contributed by atoms with van der Waals surface area (Å²) in [4.78, 5) is 20.7. The first-order chi connectivity index (χ1) is 12.1. The fourth-order valence-corrected chi connectivity index (χ4v) is 2.61. The van der Waals surface area contributed by atoms with Crippen molar-refractivity contribution in [3.8, 4) is 0 Å². The van der Waals surface area contributed by atoms with Crippen LogP contribution in [0.15, 0.2) is 72.9 Å². The number of aryl methyl sites for hydroxylation is 1. The molecule has 25 heavy (non-hydrogen) atoms. The Labute approximate surface area is 146 Å². The van der Waals surface area contributed by atoms with E-state index in [1.165, 1.54) is 0 Å². The predicted molar refractivity (Wildman–Crippen MR) is 94.8 cm³/mol. The summed E-state index contributed by atoms with van der Waals surface area (Å²) in [5, 5.41) is 13.7. The van der Waals surface area contributed by atoms with Gasteiger partial charge in [0, 0.05) is 11.9 Å². The normalized spacial score (nSPS) is 13.0. The van der Waals surface area contributed by atoms with Crippen molar-refractivity contribution in [2.45, 2.75) is 19.1 Å². The fraction of sp³-hybridized carbons (Fsp3) is 0.150. The van der Waals surface area contributed by atoms with Crippen LogP contribution in [0.2, 0.25) is 0 Å². The second-order valence-electron chi connectivity index (χ2n) is 5.74. The van der Waals surface area contributed by atoms with Crippen LogP contribution in [0.4, 0.5) is 0 Å². The second kappa shape index (κ2) is 7.68. The van der Waals surface area contributed by atoms with E-state index in [2.05, 4.69) is 15.3 Å². The van der Waals surface area contributed by atoms with Crippen LogP contribution in [0.5, 0.6) is 0 Å². The van der Waals surface area contributed by atoms with Crippen LogP contribution < -0.4 is 5.32 Å². The van der Waals surface area contributed by atoms with E-state index < -0.39 is 18.1 Å². The molecule has 0 spiro atoms. The first-order valence-corrected chi connectivity index (χ1v) is 8.03. The lowest BCUT2D eigenvalue weighted by Crippen LogP contribution is -2.33. The van der Waals surface area contributed by atoms with Crippen LogP contribution in [0, 0.1) is 6.92 Å². The molecule has 0 fully saturated rings. The summed E-state index contributed by atoms with van der Waals surface area (Å²) >= 11 is 0. The minimum Gasteiger partial charge on any atom is -0.386 e. The van der Waals surface area contributed by atoms with Gasteiger partial charge in [-0.1, -0.05) is 60.7 Å². The first-order valence-electron chi connectivity index (χ1n) is 8.03. The fourth-order valence-electron chi connectivity index (χ4n) is 2.61. The standard InChI is InChI=1S/C20H19N3O2/c1-14-12-13-21-19(22-14)20(25)23-17(15-8-4-2-5-9-15)18(24)16-10-6-3-7-11-16/h2-13,17-18,24H,1H3,(H,23,25)/t17-,18+/m1/s1. The zero-order valence-corrected chi connectivity index (χ0v) is 13.8. The van der Waals surface area contributed by atoms with Gasteiger partial charge in [0.2, 0.25) is 5.82 Å². The number of amides is 1. The third kappa shape index (κ3) is 4.08. The summed E-state index contributed by atoms with van der Waals surface area (Å²) in [6.45, 7) is 1.80. The summed E-state index contributed by atoms with van der Waals surface area (Å²) in [6, 6.07) is 19.7. The molecule has 0 radical (unpaired) electrons. The molecule has 1 amide bonds. The van der Waals surface area contributed by atoms with Gasteiger partial charge in [-0.15, -0.1) is 0 Å². The average Bonchev–Trinajstić information content (AvgIpc) is 2.67. The van der Waals surface area contributed by atoms with Gasteiger partial charge in [0.1, 0.15) is 6.10 Å². The zero-order valence-electron chi connectivity index (χ0n) is 13.8. The summed E-state index contributed by atoms with van der Waals surface area (Å²) < 4.78 is 0. The monoisotopic (exact) mass is 333 g/mol. The largest absolute Gasteiger partial charge is 0.386 e. The number of rotatable bonds is 5. The summed E-state index contributed by atoms with van der Waals surface area (Å²) in [5.41, 5.74) is 2.24. The molecule has 0 aliphatic rings. The van der Waals surface area contributed by atoms with Gasteiger partial charge in [-0.3, -0.25) is 4.79 Å². The maximum atomic E-state index is 12.6. The molecule has 2 atom stereocenters. The Kier molecular flexibility index (Phi) is 5.16. The maximum absolute atomic E-state index is 12.6. The van der Waals surface area contributed by atoms with Crippen molar-refractivity contribution >= 4 is 5.91 Å². The van der Waals surface area contributed by atoms with Gasteiger partial charge >= 0.3 is 0 Å². The van der Waals surface area contributed by atoms with Gasteiger partial charge in [-0.05, 0) is 24.1 Å². The number of aliphatic hydroxyl groups is 1. The van der Waals surface area contributed by atoms with Crippen LogP contribution in [0.25, 0.3) is 0 Å².